The highest BCUT2D eigenvalue weighted by molar-refractivity contribution is 5.74. The van der Waals surface area contributed by atoms with Gasteiger partial charge in [-0.25, -0.2) is 5.48 Å². The highest BCUT2D eigenvalue weighted by Gasteiger charge is 2.20. The average Bonchev–Trinajstić information content (AvgIpc) is 2.49. The molecule has 1 amide bonds. The predicted molar refractivity (Wildman–Crippen MR) is 85.4 cm³/mol. The number of nitrogens with one attached hydrogen (secondary N) is 1. The van der Waals surface area contributed by atoms with Crippen molar-refractivity contribution in [1.29, 1.82) is 0 Å². The molecule has 0 saturated heterocycles. The molecule has 0 radical (unpaired) electrons. The van der Waals surface area contributed by atoms with Crippen LogP contribution in [0.15, 0.2) is 24.3 Å². The van der Waals surface area contributed by atoms with E-state index in [2.05, 4.69) is 5.48 Å². The third kappa shape index (κ3) is 7.85. The number of hydrogen-bond donors (Lipinski definition) is 2. The van der Waals surface area contributed by atoms with Gasteiger partial charge in [-0.15, -0.1) is 0 Å². The highest BCUT2D eigenvalue weighted by Crippen LogP contribution is 2.17. The molecule has 22 heavy (non-hydrogen) atoms. The third-order valence-electron chi connectivity index (χ3n) is 3.05. The molecular formula is C16H26N2O4. The summed E-state index contributed by atoms with van der Waals surface area (Å²) in [5.41, 5.74) is 8.32. The standard InChI is InChI=1S/C16H26N2O4/c1-16(2,22-18-15(19)9-12-20-3)10-4-11-21-14-7-5-13(17)6-8-14/h5-8H,4,9-12,17H2,1-3H3,(H,18,19). The van der Waals surface area contributed by atoms with Crippen LogP contribution in [0, 0.1) is 0 Å². The van der Waals surface area contributed by atoms with Gasteiger partial charge in [-0.3, -0.25) is 9.63 Å². The highest BCUT2D eigenvalue weighted by atomic mass is 16.7. The van der Waals surface area contributed by atoms with Crippen LogP contribution in [0.4, 0.5) is 5.69 Å². The number of carbonyl (C=O) groups is 1. The van der Waals surface area contributed by atoms with Crippen molar-refractivity contribution < 1.29 is 19.1 Å². The number of amides is 1. The molecule has 0 spiro atoms. The van der Waals surface area contributed by atoms with Crippen LogP contribution in [0.5, 0.6) is 5.75 Å². The summed E-state index contributed by atoms with van der Waals surface area (Å²) in [4.78, 5) is 16.9. The van der Waals surface area contributed by atoms with E-state index in [4.69, 9.17) is 20.0 Å². The molecule has 0 unspecified atom stereocenters. The van der Waals surface area contributed by atoms with Crippen molar-refractivity contribution in [3.8, 4) is 5.75 Å². The molecule has 6 heteroatoms. The Kier molecular flexibility index (Phi) is 7.70. The molecule has 1 aromatic carbocycles. The Labute approximate surface area is 131 Å². The summed E-state index contributed by atoms with van der Waals surface area (Å²) in [5, 5.41) is 0. The third-order valence-corrected chi connectivity index (χ3v) is 3.05. The van der Waals surface area contributed by atoms with Gasteiger partial charge in [0.15, 0.2) is 0 Å². The summed E-state index contributed by atoms with van der Waals surface area (Å²) in [6, 6.07) is 7.29. The van der Waals surface area contributed by atoms with Crippen molar-refractivity contribution in [2.24, 2.45) is 0 Å². The second kappa shape index (κ2) is 9.27. The SMILES string of the molecule is COCCC(=O)NOC(C)(C)CCCOc1ccc(N)cc1. The van der Waals surface area contributed by atoms with Crippen molar-refractivity contribution in [2.45, 2.75) is 38.7 Å². The second-order valence-electron chi connectivity index (χ2n) is 5.65. The summed E-state index contributed by atoms with van der Waals surface area (Å²) >= 11 is 0. The Morgan fingerprint density at radius 1 is 1.23 bits per heavy atom. The maximum absolute atomic E-state index is 11.4. The van der Waals surface area contributed by atoms with E-state index in [-0.39, 0.29) is 12.3 Å². The first kappa shape index (κ1) is 18.3. The zero-order chi connectivity index (χ0) is 16.4. The molecule has 0 aromatic heterocycles. The van der Waals surface area contributed by atoms with Gasteiger partial charge in [0.1, 0.15) is 5.75 Å². The fourth-order valence-electron chi connectivity index (χ4n) is 1.74. The topological polar surface area (TPSA) is 82.8 Å². The first-order chi connectivity index (χ1) is 10.4. The molecule has 3 N–H and O–H groups in total. The molecule has 124 valence electrons. The minimum atomic E-state index is -0.451. The van der Waals surface area contributed by atoms with Gasteiger partial charge >= 0.3 is 0 Å². The molecule has 1 rings (SSSR count). The average molecular weight is 310 g/mol. The maximum atomic E-state index is 11.4. The van der Waals surface area contributed by atoms with Gasteiger partial charge in [0.25, 0.3) is 0 Å². The predicted octanol–water partition coefficient (Wildman–Crippen LogP) is 2.29. The van der Waals surface area contributed by atoms with Crippen molar-refractivity contribution in [3.63, 3.8) is 0 Å². The van der Waals surface area contributed by atoms with E-state index in [0.29, 0.717) is 18.9 Å². The zero-order valence-corrected chi connectivity index (χ0v) is 13.6. The van der Waals surface area contributed by atoms with Gasteiger partial charge in [-0.1, -0.05) is 0 Å². The van der Waals surface area contributed by atoms with Crippen molar-refractivity contribution in [1.82, 2.24) is 5.48 Å². The molecule has 0 bridgehead atoms. The van der Waals surface area contributed by atoms with Crippen LogP contribution in [0.1, 0.15) is 33.1 Å². The number of nitrogen functional groups attached to an aromatic ring is 1. The smallest absolute Gasteiger partial charge is 0.245 e. The van der Waals surface area contributed by atoms with Gasteiger partial charge in [-0.05, 0) is 51.0 Å². The van der Waals surface area contributed by atoms with Crippen LogP contribution in [0.2, 0.25) is 0 Å². The molecular weight excluding hydrogens is 284 g/mol. The number of methoxy groups -OCH3 is 1. The fraction of sp³-hybridized carbons (Fsp3) is 0.562. The number of rotatable bonds is 10. The largest absolute Gasteiger partial charge is 0.494 e. The van der Waals surface area contributed by atoms with Crippen LogP contribution in [0.3, 0.4) is 0 Å². The maximum Gasteiger partial charge on any atom is 0.245 e. The number of hydroxylamine groups is 1. The van der Waals surface area contributed by atoms with Gasteiger partial charge in [0.05, 0.1) is 25.2 Å². The lowest BCUT2D eigenvalue weighted by Crippen LogP contribution is -2.36. The number of hydrogen-bond acceptors (Lipinski definition) is 5. The van der Waals surface area contributed by atoms with Crippen LogP contribution >= 0.6 is 0 Å². The Morgan fingerprint density at radius 3 is 2.55 bits per heavy atom. The monoisotopic (exact) mass is 310 g/mol. The first-order valence-corrected chi connectivity index (χ1v) is 7.37. The number of benzene rings is 1. The van der Waals surface area contributed by atoms with E-state index in [9.17, 15) is 4.79 Å². The molecule has 0 heterocycles. The minimum absolute atomic E-state index is 0.187. The Morgan fingerprint density at radius 2 is 1.91 bits per heavy atom. The summed E-state index contributed by atoms with van der Waals surface area (Å²) in [7, 11) is 1.55. The van der Waals surface area contributed by atoms with Gasteiger partial charge in [0, 0.05) is 12.8 Å². The van der Waals surface area contributed by atoms with E-state index in [1.165, 1.54) is 0 Å². The summed E-state index contributed by atoms with van der Waals surface area (Å²) in [5.74, 6) is 0.605. The normalized spacial score (nSPS) is 11.2. The van der Waals surface area contributed by atoms with E-state index in [1.807, 2.05) is 26.0 Å². The van der Waals surface area contributed by atoms with E-state index < -0.39 is 5.60 Å². The van der Waals surface area contributed by atoms with Crippen LogP contribution in [0.25, 0.3) is 0 Å². The molecule has 0 aliphatic rings. The Balaban J connectivity index is 2.19. The molecule has 0 fully saturated rings. The lowest BCUT2D eigenvalue weighted by Gasteiger charge is -2.24. The van der Waals surface area contributed by atoms with E-state index in [0.717, 1.165) is 18.6 Å². The van der Waals surface area contributed by atoms with Crippen molar-refractivity contribution >= 4 is 11.6 Å². The minimum Gasteiger partial charge on any atom is -0.494 e. The van der Waals surface area contributed by atoms with Crippen molar-refractivity contribution in [3.05, 3.63) is 24.3 Å². The fourth-order valence-corrected chi connectivity index (χ4v) is 1.74. The lowest BCUT2D eigenvalue weighted by atomic mass is 10.0. The van der Waals surface area contributed by atoms with E-state index in [1.54, 1.807) is 19.2 Å². The van der Waals surface area contributed by atoms with Crippen molar-refractivity contribution in [2.75, 3.05) is 26.1 Å². The summed E-state index contributed by atoms with van der Waals surface area (Å²) in [6.45, 7) is 4.80. The summed E-state index contributed by atoms with van der Waals surface area (Å²) < 4.78 is 10.5. The number of ether oxygens (including phenoxy) is 2. The Bertz CT molecular complexity index is 446. The van der Waals surface area contributed by atoms with Crippen LogP contribution in [-0.4, -0.2) is 31.8 Å². The van der Waals surface area contributed by atoms with E-state index >= 15 is 0 Å². The number of nitrogens with two attached hydrogens (primary N) is 1. The van der Waals surface area contributed by atoms with Gasteiger partial charge < -0.3 is 15.2 Å². The molecule has 6 nitrogen and oxygen atoms in total. The zero-order valence-electron chi connectivity index (χ0n) is 13.6. The first-order valence-electron chi connectivity index (χ1n) is 7.37. The second-order valence-corrected chi connectivity index (χ2v) is 5.65. The summed E-state index contributed by atoms with van der Waals surface area (Å²) in [6.07, 6.45) is 1.85. The van der Waals surface area contributed by atoms with Crippen LogP contribution in [-0.2, 0) is 14.4 Å². The molecule has 0 aliphatic carbocycles. The lowest BCUT2D eigenvalue weighted by molar-refractivity contribution is -0.149. The van der Waals surface area contributed by atoms with Gasteiger partial charge in [0.2, 0.25) is 5.91 Å². The van der Waals surface area contributed by atoms with Gasteiger partial charge in [-0.2, -0.15) is 0 Å². The number of anilines is 1. The quantitative estimate of drug-likeness (QED) is 0.393. The Hall–Kier alpha value is -1.79. The molecule has 0 atom stereocenters. The molecule has 0 saturated carbocycles. The van der Waals surface area contributed by atoms with Crippen LogP contribution < -0.4 is 16.0 Å². The number of carbonyl (C=O) groups excluding carboxylic acids is 1. The molecule has 1 aromatic rings. The molecule has 0 aliphatic heterocycles.